The van der Waals surface area contributed by atoms with Crippen molar-refractivity contribution in [2.24, 2.45) is 0 Å². The number of hydrogen-bond acceptors (Lipinski definition) is 7. The Balaban J connectivity index is 1.19. The maximum absolute atomic E-state index is 13.1. The van der Waals surface area contributed by atoms with Crippen molar-refractivity contribution < 1.29 is 33.8 Å². The fraction of sp³-hybridized carbons (Fsp3) is 0.517. The van der Waals surface area contributed by atoms with Crippen LogP contribution in [0.2, 0.25) is 0 Å². The number of likely N-dealkylation sites (tertiary alicyclic amines) is 2. The number of ether oxygens (including phenoxy) is 1. The minimum absolute atomic E-state index is 0.00222. The van der Waals surface area contributed by atoms with E-state index in [9.17, 15) is 24.0 Å². The fourth-order valence-electron chi connectivity index (χ4n) is 5.54. The number of amides is 5. The highest BCUT2D eigenvalue weighted by molar-refractivity contribution is 5.95. The highest BCUT2D eigenvalue weighted by atomic mass is 16.5. The van der Waals surface area contributed by atoms with Crippen molar-refractivity contribution >= 4 is 29.7 Å². The first-order valence-electron chi connectivity index (χ1n) is 14.7. The van der Waals surface area contributed by atoms with Gasteiger partial charge in [-0.15, -0.1) is 0 Å². The third-order valence-electron chi connectivity index (χ3n) is 8.16. The highest BCUT2D eigenvalue weighted by Gasteiger charge is 2.36. The number of benzene rings is 1. The Bertz CT molecular complexity index is 1340. The van der Waals surface area contributed by atoms with E-state index in [0.29, 0.717) is 44.6 Å². The number of carbonyl (C=O) groups is 5. The van der Waals surface area contributed by atoms with E-state index in [0.717, 1.165) is 25.7 Å². The number of hydrogen-bond donors (Lipinski definition) is 4. The van der Waals surface area contributed by atoms with Gasteiger partial charge in [0.15, 0.2) is 12.3 Å². The summed E-state index contributed by atoms with van der Waals surface area (Å²) in [5.74, 6) is -1.16. The van der Waals surface area contributed by atoms with Gasteiger partial charge < -0.3 is 35.6 Å². The lowest BCUT2D eigenvalue weighted by Crippen LogP contribution is -2.51. The molecule has 1 aliphatic carbocycles. The molecule has 43 heavy (non-hydrogen) atoms. The number of rotatable bonds is 10. The molecule has 4 N–H and O–H groups in total. The molecule has 1 aromatic heterocycles. The Morgan fingerprint density at radius 1 is 0.884 bits per heavy atom. The fourth-order valence-corrected chi connectivity index (χ4v) is 5.54. The normalized spacial score (nSPS) is 18.9. The first-order valence-corrected chi connectivity index (χ1v) is 14.7. The van der Waals surface area contributed by atoms with E-state index in [-0.39, 0.29) is 54.5 Å². The molecular weight excluding hydrogens is 558 g/mol. The molecule has 1 aromatic carbocycles. The molecule has 1 atom stereocenters. The maximum Gasteiger partial charge on any atom is 0.404 e. The topological polar surface area (TPSA) is 175 Å². The van der Waals surface area contributed by atoms with Crippen molar-refractivity contribution in [3.63, 3.8) is 0 Å². The van der Waals surface area contributed by atoms with Crippen LogP contribution >= 0.6 is 0 Å². The summed E-state index contributed by atoms with van der Waals surface area (Å²) in [6.07, 6.45) is 4.27. The predicted octanol–water partition coefficient (Wildman–Crippen LogP) is 0.899. The molecule has 2 saturated heterocycles. The summed E-state index contributed by atoms with van der Waals surface area (Å²) in [6.45, 7) is 0.654. The van der Waals surface area contributed by atoms with E-state index in [1.807, 2.05) is 6.07 Å². The van der Waals surface area contributed by atoms with Crippen LogP contribution < -0.4 is 20.7 Å². The van der Waals surface area contributed by atoms with Gasteiger partial charge >= 0.3 is 6.09 Å². The van der Waals surface area contributed by atoms with Crippen LogP contribution in [0.15, 0.2) is 36.4 Å². The van der Waals surface area contributed by atoms with Crippen LogP contribution in [-0.2, 0) is 14.4 Å². The van der Waals surface area contributed by atoms with Crippen LogP contribution in [0.5, 0.6) is 5.88 Å². The molecule has 5 rings (SSSR count). The standard InChI is InChI=1S/C29H37N7O7/c37-24(34-14-11-20(12-15-34)32-29(41)42)17-30-27(39)22-16-26(36(33-22)21-8-2-1-3-9-21)43-18-25(38)35-13-5-10-23(35)28(40)31-19-6-4-7-19/h1-3,8-9,16,19-20,23,32H,4-7,10-15,17-18H2,(H,30,39)(H,31,40)(H,41,42)/t23-/m0/s1. The average molecular weight is 596 g/mol. The van der Waals surface area contributed by atoms with Crippen LogP contribution in [0.3, 0.4) is 0 Å². The van der Waals surface area contributed by atoms with Crippen LogP contribution in [0.4, 0.5) is 4.79 Å². The van der Waals surface area contributed by atoms with Crippen LogP contribution in [0.1, 0.15) is 55.4 Å². The molecule has 3 fully saturated rings. The smallest absolute Gasteiger partial charge is 0.404 e. The monoisotopic (exact) mass is 595 g/mol. The van der Waals surface area contributed by atoms with E-state index in [2.05, 4.69) is 21.0 Å². The largest absolute Gasteiger partial charge is 0.467 e. The summed E-state index contributed by atoms with van der Waals surface area (Å²) in [6, 6.07) is 9.86. The number of carboxylic acid groups (broad SMARTS) is 1. The summed E-state index contributed by atoms with van der Waals surface area (Å²) < 4.78 is 7.28. The van der Waals surface area contributed by atoms with Gasteiger partial charge in [-0.1, -0.05) is 18.2 Å². The maximum atomic E-state index is 13.1. The van der Waals surface area contributed by atoms with Crippen LogP contribution in [0.25, 0.3) is 5.69 Å². The van der Waals surface area contributed by atoms with E-state index in [4.69, 9.17) is 9.84 Å². The Labute approximate surface area is 248 Å². The Hall–Kier alpha value is -4.62. The van der Waals surface area contributed by atoms with Gasteiger partial charge in [-0.3, -0.25) is 19.2 Å². The molecule has 0 spiro atoms. The van der Waals surface area contributed by atoms with E-state index in [1.165, 1.54) is 10.7 Å². The zero-order valence-corrected chi connectivity index (χ0v) is 23.9. The van der Waals surface area contributed by atoms with Crippen molar-refractivity contribution in [1.29, 1.82) is 0 Å². The molecule has 14 heteroatoms. The van der Waals surface area contributed by atoms with E-state index in [1.54, 1.807) is 34.1 Å². The number of piperidine rings is 1. The van der Waals surface area contributed by atoms with Crippen molar-refractivity contribution in [2.45, 2.75) is 63.1 Å². The van der Waals surface area contributed by atoms with E-state index < -0.39 is 18.0 Å². The van der Waals surface area contributed by atoms with Crippen LogP contribution in [0, 0.1) is 0 Å². The lowest BCUT2D eigenvalue weighted by atomic mass is 9.93. The zero-order chi connectivity index (χ0) is 30.3. The highest BCUT2D eigenvalue weighted by Crippen LogP contribution is 2.23. The quantitative estimate of drug-likeness (QED) is 0.313. The van der Waals surface area contributed by atoms with Crippen molar-refractivity contribution in [3.8, 4) is 11.6 Å². The third kappa shape index (κ3) is 7.43. The number of nitrogens with one attached hydrogen (secondary N) is 3. The molecule has 0 unspecified atom stereocenters. The van der Waals surface area contributed by atoms with Gasteiger partial charge in [0, 0.05) is 37.8 Å². The number of nitrogens with zero attached hydrogens (tertiary/aromatic N) is 4. The number of carbonyl (C=O) groups excluding carboxylic acids is 4. The van der Waals surface area contributed by atoms with Gasteiger partial charge in [-0.05, 0) is 57.1 Å². The van der Waals surface area contributed by atoms with Gasteiger partial charge in [-0.25, -0.2) is 9.48 Å². The lowest BCUT2D eigenvalue weighted by molar-refractivity contribution is -0.140. The average Bonchev–Trinajstić information content (AvgIpc) is 3.65. The number of para-hydroxylation sites is 1. The number of aromatic nitrogens is 2. The first-order chi connectivity index (χ1) is 20.8. The minimum atomic E-state index is -1.09. The molecule has 2 aromatic rings. The second-order valence-corrected chi connectivity index (χ2v) is 11.1. The molecule has 0 bridgehead atoms. The van der Waals surface area contributed by atoms with Gasteiger partial charge in [0.1, 0.15) is 6.04 Å². The third-order valence-corrected chi connectivity index (χ3v) is 8.16. The van der Waals surface area contributed by atoms with Crippen molar-refractivity contribution in [3.05, 3.63) is 42.1 Å². The second kappa shape index (κ2) is 13.6. The second-order valence-electron chi connectivity index (χ2n) is 11.1. The van der Waals surface area contributed by atoms with Crippen molar-refractivity contribution in [1.82, 2.24) is 35.5 Å². The summed E-state index contributed by atoms with van der Waals surface area (Å²) in [4.78, 5) is 65.5. The first kappa shape index (κ1) is 29.9. The Kier molecular flexibility index (Phi) is 9.42. The molecular formula is C29H37N7O7. The Morgan fingerprint density at radius 3 is 2.28 bits per heavy atom. The predicted molar refractivity (Wildman–Crippen MR) is 153 cm³/mol. The zero-order valence-electron chi connectivity index (χ0n) is 23.9. The summed E-state index contributed by atoms with van der Waals surface area (Å²) in [5, 5.41) is 21.3. The molecule has 1 saturated carbocycles. The van der Waals surface area contributed by atoms with Gasteiger partial charge in [0.05, 0.1) is 12.2 Å². The molecule has 0 radical (unpaired) electrons. The lowest BCUT2D eigenvalue weighted by Gasteiger charge is -2.31. The molecule has 14 nitrogen and oxygen atoms in total. The van der Waals surface area contributed by atoms with Gasteiger partial charge in [-0.2, -0.15) is 5.10 Å². The SMILES string of the molecule is O=C(O)NC1CCN(C(=O)CNC(=O)c2cc(OCC(=O)N3CCC[C@H]3C(=O)NC3CCC3)n(-c3ccccc3)n2)CC1. The summed E-state index contributed by atoms with van der Waals surface area (Å²) in [7, 11) is 0. The van der Waals surface area contributed by atoms with Gasteiger partial charge in [0.2, 0.25) is 17.7 Å². The molecule has 2 aliphatic heterocycles. The summed E-state index contributed by atoms with van der Waals surface area (Å²) in [5.41, 5.74) is 0.610. The van der Waals surface area contributed by atoms with Gasteiger partial charge in [0.25, 0.3) is 11.8 Å². The molecule has 230 valence electrons. The molecule has 3 aliphatic rings. The molecule has 5 amide bonds. The van der Waals surface area contributed by atoms with Crippen molar-refractivity contribution in [2.75, 3.05) is 32.8 Å². The molecule has 3 heterocycles. The Morgan fingerprint density at radius 2 is 1.60 bits per heavy atom. The minimum Gasteiger partial charge on any atom is -0.467 e. The summed E-state index contributed by atoms with van der Waals surface area (Å²) >= 11 is 0. The van der Waals surface area contributed by atoms with E-state index >= 15 is 0 Å². The van der Waals surface area contributed by atoms with Crippen LogP contribution in [-0.4, -0.2) is 105 Å².